The number of carbonyl (C=O) groups is 3. The lowest BCUT2D eigenvalue weighted by Gasteiger charge is -2.71. The molecule has 6 rings (SSSR count). The predicted octanol–water partition coefficient (Wildman–Crippen LogP) is 5.93. The van der Waals surface area contributed by atoms with E-state index in [0.717, 1.165) is 38.5 Å². The van der Waals surface area contributed by atoms with Crippen LogP contribution in [0.15, 0.2) is 11.6 Å². The highest BCUT2D eigenvalue weighted by Gasteiger charge is 2.84. The van der Waals surface area contributed by atoms with Crippen LogP contribution in [0.1, 0.15) is 66.2 Å². The third kappa shape index (κ3) is 2.27. The Morgan fingerprint density at radius 2 is 1.81 bits per heavy atom. The lowest BCUT2D eigenvalue weighted by Crippen LogP contribution is -2.75. The van der Waals surface area contributed by atoms with Gasteiger partial charge >= 0.3 is 11.9 Å². The van der Waals surface area contributed by atoms with Gasteiger partial charge in [-0.3, -0.25) is 4.79 Å². The van der Waals surface area contributed by atoms with Crippen molar-refractivity contribution < 1.29 is 19.1 Å². The molecule has 1 spiro atoms. The van der Waals surface area contributed by atoms with E-state index in [1.807, 2.05) is 6.92 Å². The zero-order valence-electron chi connectivity index (χ0n) is 18.4. The molecule has 170 valence electrons. The van der Waals surface area contributed by atoms with Crippen LogP contribution in [0.5, 0.6) is 0 Å². The molecule has 0 amide bonds. The maximum absolute atomic E-state index is 13.3. The molecule has 4 nitrogen and oxygen atoms in total. The Morgan fingerprint density at radius 3 is 2.42 bits per heavy atom. The number of hydrogen-bond acceptors (Lipinski definition) is 4. The van der Waals surface area contributed by atoms with Gasteiger partial charge in [-0.1, -0.05) is 77.6 Å². The van der Waals surface area contributed by atoms with Gasteiger partial charge in [-0.15, -0.1) is 0 Å². The molecule has 5 aliphatic carbocycles. The number of esters is 2. The van der Waals surface area contributed by atoms with Gasteiger partial charge in [0.05, 0.1) is 0 Å². The molecule has 1 heterocycles. The Balaban J connectivity index is 1.74. The van der Waals surface area contributed by atoms with Crippen LogP contribution in [0.2, 0.25) is 0 Å². The second-order valence-electron chi connectivity index (χ2n) is 11.4. The number of ether oxygens (including phenoxy) is 1. The summed E-state index contributed by atoms with van der Waals surface area (Å²) in [5.74, 6) is -0.487. The van der Waals surface area contributed by atoms with Gasteiger partial charge in [-0.2, -0.15) is 0 Å². The summed E-state index contributed by atoms with van der Waals surface area (Å²) < 4.78 is 3.11. The van der Waals surface area contributed by atoms with Gasteiger partial charge in [-0.05, 0) is 66.9 Å². The highest BCUT2D eigenvalue weighted by atomic mass is 79.9. The third-order valence-corrected chi connectivity index (χ3v) is 14.2. The highest BCUT2D eigenvalue weighted by Crippen LogP contribution is 2.79. The maximum atomic E-state index is 13.3. The fraction of sp³-hybridized carbons (Fsp3) is 0.792. The molecular formula is C24H29Br2ClO4. The van der Waals surface area contributed by atoms with Crippen LogP contribution >= 0.6 is 43.5 Å². The first kappa shape index (κ1) is 22.6. The van der Waals surface area contributed by atoms with Gasteiger partial charge in [0.15, 0.2) is 8.65 Å². The number of alkyl halides is 2. The van der Waals surface area contributed by atoms with E-state index in [0.29, 0.717) is 0 Å². The lowest BCUT2D eigenvalue weighted by atomic mass is 9.34. The van der Waals surface area contributed by atoms with E-state index in [1.54, 1.807) is 0 Å². The summed E-state index contributed by atoms with van der Waals surface area (Å²) in [5, 5.41) is -0.238. The van der Waals surface area contributed by atoms with E-state index in [1.165, 1.54) is 5.57 Å². The maximum Gasteiger partial charge on any atom is 0.333 e. The van der Waals surface area contributed by atoms with Crippen molar-refractivity contribution in [2.24, 2.45) is 39.9 Å². The number of hydrogen-bond donors (Lipinski definition) is 0. The van der Waals surface area contributed by atoms with Crippen LogP contribution in [0.4, 0.5) is 0 Å². The predicted molar refractivity (Wildman–Crippen MR) is 125 cm³/mol. The largest absolute Gasteiger partial charge is 0.391 e. The Labute approximate surface area is 205 Å². The number of carbonyl (C=O) groups excluding carboxylic acids is 3. The topological polar surface area (TPSA) is 60.4 Å². The number of halogens is 3. The first-order chi connectivity index (χ1) is 14.3. The molecule has 0 radical (unpaired) electrons. The van der Waals surface area contributed by atoms with Crippen molar-refractivity contribution in [3.8, 4) is 0 Å². The van der Waals surface area contributed by atoms with Gasteiger partial charge in [-0.25, -0.2) is 9.59 Å². The van der Waals surface area contributed by atoms with Crippen LogP contribution in [-0.2, 0) is 19.1 Å². The molecule has 2 bridgehead atoms. The second kappa shape index (κ2) is 6.47. The van der Waals surface area contributed by atoms with E-state index < -0.39 is 31.4 Å². The van der Waals surface area contributed by atoms with Crippen molar-refractivity contribution in [1.82, 2.24) is 0 Å². The molecule has 3 saturated carbocycles. The van der Waals surface area contributed by atoms with Crippen molar-refractivity contribution >= 4 is 60.6 Å². The Hall–Kier alpha value is -0.200. The fourth-order valence-electron chi connectivity index (χ4n) is 8.68. The average molecular weight is 577 g/mol. The molecule has 0 aromatic heterocycles. The average Bonchev–Trinajstić information content (AvgIpc) is 2.88. The first-order valence-corrected chi connectivity index (χ1v) is 13.3. The van der Waals surface area contributed by atoms with E-state index in [2.05, 4.69) is 58.7 Å². The third-order valence-electron chi connectivity index (χ3n) is 10.0. The van der Waals surface area contributed by atoms with Crippen molar-refractivity contribution in [3.05, 3.63) is 11.6 Å². The monoisotopic (exact) mass is 574 g/mol. The smallest absolute Gasteiger partial charge is 0.333 e. The Kier molecular flexibility index (Phi) is 4.72. The number of allylic oxidation sites excluding steroid dienone is 2. The standard InChI is InChI=1S/C24H29Br2ClO4/c1-12(2)13-11-22-9-6-15-20(3,7-5-8-21(15,4)17(27)28)16(22)10-14(13)23(25)18(29)31-19(30)24(22,23)26/h11-12,14-16H,5-10H2,1-4H3/t14-,15+,16-,20-,21+,22+,23+,24-/m0/s1. The van der Waals surface area contributed by atoms with E-state index in [9.17, 15) is 14.4 Å². The minimum Gasteiger partial charge on any atom is -0.391 e. The van der Waals surface area contributed by atoms with Gasteiger partial charge in [0.2, 0.25) is 5.24 Å². The molecule has 0 aromatic carbocycles. The van der Waals surface area contributed by atoms with Crippen molar-refractivity contribution in [1.29, 1.82) is 0 Å². The number of fused-ring (bicyclic) bond motifs is 1. The fourth-order valence-corrected chi connectivity index (χ4v) is 11.1. The SMILES string of the molecule is CC(C)C1=C[C@]23CC[C@@H]4[C@](C)(CCC[C@@]4(C)C(=O)Cl)[C@@H]2C[C@@H]1[C@@]1(Br)C(=O)OC(=O)[C@]31Br. The zero-order valence-corrected chi connectivity index (χ0v) is 22.3. The number of cyclic esters (lactones) is 2. The van der Waals surface area contributed by atoms with Crippen LogP contribution in [0.25, 0.3) is 0 Å². The molecule has 31 heavy (non-hydrogen) atoms. The summed E-state index contributed by atoms with van der Waals surface area (Å²) in [4.78, 5) is 39.0. The Bertz CT molecular complexity index is 948. The summed E-state index contributed by atoms with van der Waals surface area (Å²) >= 11 is 13.9. The van der Waals surface area contributed by atoms with E-state index in [4.69, 9.17) is 16.3 Å². The zero-order chi connectivity index (χ0) is 22.8. The quantitative estimate of drug-likeness (QED) is 0.135. The lowest BCUT2D eigenvalue weighted by molar-refractivity contribution is -0.173. The summed E-state index contributed by atoms with van der Waals surface area (Å²) in [6.45, 7) is 8.65. The van der Waals surface area contributed by atoms with Gasteiger partial charge in [0.1, 0.15) is 0 Å². The normalized spacial score (nSPS) is 52.9. The first-order valence-electron chi connectivity index (χ1n) is 11.4. The van der Waals surface area contributed by atoms with Gasteiger partial charge < -0.3 is 4.74 Å². The molecule has 0 unspecified atom stereocenters. The summed E-state index contributed by atoms with van der Waals surface area (Å²) in [5.41, 5.74) is -0.000907. The van der Waals surface area contributed by atoms with Crippen molar-refractivity contribution in [2.45, 2.75) is 74.9 Å². The minimum atomic E-state index is -1.14. The molecule has 6 aliphatic rings. The molecule has 7 heteroatoms. The molecule has 1 saturated heterocycles. The minimum absolute atomic E-state index is 0.131. The highest BCUT2D eigenvalue weighted by molar-refractivity contribution is 9.13. The van der Waals surface area contributed by atoms with Crippen LogP contribution in [-0.4, -0.2) is 25.8 Å². The van der Waals surface area contributed by atoms with Crippen LogP contribution in [0, 0.1) is 39.9 Å². The van der Waals surface area contributed by atoms with Gasteiger partial charge in [0, 0.05) is 16.7 Å². The molecule has 0 N–H and O–H groups in total. The molecular weight excluding hydrogens is 548 g/mol. The second-order valence-corrected chi connectivity index (χ2v) is 14.2. The van der Waals surface area contributed by atoms with E-state index >= 15 is 0 Å². The molecule has 4 fully saturated rings. The molecule has 1 aliphatic heterocycles. The van der Waals surface area contributed by atoms with Crippen molar-refractivity contribution in [3.63, 3.8) is 0 Å². The van der Waals surface area contributed by atoms with Gasteiger partial charge in [0.25, 0.3) is 0 Å². The van der Waals surface area contributed by atoms with E-state index in [-0.39, 0.29) is 34.3 Å². The molecule has 0 aromatic rings. The summed E-state index contributed by atoms with van der Waals surface area (Å²) in [7, 11) is 0. The molecule has 8 atom stereocenters. The summed E-state index contributed by atoms with van der Waals surface area (Å²) in [6, 6.07) is 0. The summed E-state index contributed by atoms with van der Waals surface area (Å²) in [6.07, 6.45) is 7.42. The van der Waals surface area contributed by atoms with Crippen LogP contribution < -0.4 is 0 Å². The van der Waals surface area contributed by atoms with Crippen molar-refractivity contribution in [2.75, 3.05) is 0 Å². The van der Waals surface area contributed by atoms with Crippen LogP contribution in [0.3, 0.4) is 0 Å². The number of rotatable bonds is 2. The Morgan fingerprint density at radius 1 is 1.13 bits per heavy atom.